The lowest BCUT2D eigenvalue weighted by atomic mass is 10.3. The van der Waals surface area contributed by atoms with E-state index in [4.69, 9.17) is 10.5 Å². The van der Waals surface area contributed by atoms with Crippen LogP contribution in [-0.2, 0) is 4.74 Å². The van der Waals surface area contributed by atoms with Gasteiger partial charge in [-0.05, 0) is 20.4 Å². The number of aliphatic imine (C=N–C) groups is 1. The van der Waals surface area contributed by atoms with Crippen LogP contribution in [0, 0.1) is 0 Å². The zero-order valence-electron chi connectivity index (χ0n) is 10.6. The second-order valence-corrected chi connectivity index (χ2v) is 4.43. The highest BCUT2D eigenvalue weighted by Gasteiger charge is 2.16. The molecular weight excluding hydrogens is 204 g/mol. The predicted octanol–water partition coefficient (Wildman–Crippen LogP) is 0.0198. The molecule has 0 aromatic rings. The Morgan fingerprint density at radius 3 is 3.06 bits per heavy atom. The molecule has 3 N–H and O–H groups in total. The maximum Gasteiger partial charge on any atom is 0.188 e. The van der Waals surface area contributed by atoms with Crippen molar-refractivity contribution in [1.82, 2.24) is 10.2 Å². The fraction of sp³-hybridized carbons (Fsp3) is 0.909. The van der Waals surface area contributed by atoms with Crippen LogP contribution < -0.4 is 11.1 Å². The summed E-state index contributed by atoms with van der Waals surface area (Å²) < 4.78 is 5.60. The predicted molar refractivity (Wildman–Crippen MR) is 66.6 cm³/mol. The fourth-order valence-corrected chi connectivity index (χ4v) is 1.58. The van der Waals surface area contributed by atoms with E-state index in [1.165, 1.54) is 0 Å². The molecule has 0 aromatic carbocycles. The number of guanidine groups is 1. The molecule has 1 saturated heterocycles. The van der Waals surface area contributed by atoms with E-state index in [-0.39, 0.29) is 6.10 Å². The van der Waals surface area contributed by atoms with E-state index in [0.717, 1.165) is 26.1 Å². The summed E-state index contributed by atoms with van der Waals surface area (Å²) >= 11 is 0. The standard InChI is InChI=1S/C11H24N4O/c1-4-9(2)14-11(12)13-7-10-8-15(3)5-6-16-10/h9-10H,4-8H2,1-3H3,(H3,12,13,14). The van der Waals surface area contributed by atoms with Gasteiger partial charge in [-0.2, -0.15) is 0 Å². The number of likely N-dealkylation sites (N-methyl/N-ethyl adjacent to an activating group) is 1. The van der Waals surface area contributed by atoms with Gasteiger partial charge < -0.3 is 20.7 Å². The summed E-state index contributed by atoms with van der Waals surface area (Å²) in [5.74, 6) is 0.520. The average molecular weight is 228 g/mol. The van der Waals surface area contributed by atoms with Crippen LogP contribution in [0.1, 0.15) is 20.3 Å². The number of nitrogens with zero attached hydrogens (tertiary/aromatic N) is 2. The van der Waals surface area contributed by atoms with Gasteiger partial charge in [0.05, 0.1) is 19.3 Å². The number of hydrogen-bond donors (Lipinski definition) is 2. The molecule has 2 atom stereocenters. The minimum atomic E-state index is 0.177. The molecule has 5 nitrogen and oxygen atoms in total. The van der Waals surface area contributed by atoms with Crippen LogP contribution in [0.4, 0.5) is 0 Å². The third-order valence-electron chi connectivity index (χ3n) is 2.81. The van der Waals surface area contributed by atoms with Gasteiger partial charge in [-0.25, -0.2) is 0 Å². The largest absolute Gasteiger partial charge is 0.374 e. The van der Waals surface area contributed by atoms with Crippen LogP contribution in [0.15, 0.2) is 4.99 Å². The van der Waals surface area contributed by atoms with E-state index in [2.05, 4.69) is 36.1 Å². The van der Waals surface area contributed by atoms with Gasteiger partial charge in [0.15, 0.2) is 5.96 Å². The lowest BCUT2D eigenvalue weighted by Gasteiger charge is -2.29. The van der Waals surface area contributed by atoms with Crippen molar-refractivity contribution >= 4 is 5.96 Å². The highest BCUT2D eigenvalue weighted by atomic mass is 16.5. The van der Waals surface area contributed by atoms with Gasteiger partial charge >= 0.3 is 0 Å². The molecule has 0 saturated carbocycles. The lowest BCUT2D eigenvalue weighted by molar-refractivity contribution is -0.0136. The first kappa shape index (κ1) is 13.3. The Bertz CT molecular complexity index is 232. The van der Waals surface area contributed by atoms with Crippen molar-refractivity contribution in [2.45, 2.75) is 32.4 Å². The SMILES string of the molecule is CCC(C)NC(N)=NCC1CN(C)CCO1. The van der Waals surface area contributed by atoms with Crippen molar-refractivity contribution in [3.8, 4) is 0 Å². The van der Waals surface area contributed by atoms with Crippen LogP contribution in [0.25, 0.3) is 0 Å². The normalized spacial score (nSPS) is 25.4. The van der Waals surface area contributed by atoms with Crippen LogP contribution in [0.3, 0.4) is 0 Å². The molecule has 1 aliphatic rings. The van der Waals surface area contributed by atoms with Crippen molar-refractivity contribution in [3.63, 3.8) is 0 Å². The van der Waals surface area contributed by atoms with E-state index in [1.54, 1.807) is 0 Å². The Labute approximate surface area is 98.0 Å². The monoisotopic (exact) mass is 228 g/mol. The third kappa shape index (κ3) is 4.81. The Morgan fingerprint density at radius 2 is 2.44 bits per heavy atom. The molecule has 0 amide bonds. The van der Waals surface area contributed by atoms with E-state index in [1.807, 2.05) is 0 Å². The number of morpholine rings is 1. The molecule has 5 heteroatoms. The third-order valence-corrected chi connectivity index (χ3v) is 2.81. The molecule has 2 unspecified atom stereocenters. The highest BCUT2D eigenvalue weighted by molar-refractivity contribution is 5.78. The van der Waals surface area contributed by atoms with Gasteiger partial charge in [-0.3, -0.25) is 4.99 Å². The maximum atomic E-state index is 5.77. The second kappa shape index (κ2) is 6.70. The fourth-order valence-electron chi connectivity index (χ4n) is 1.58. The molecule has 0 aromatic heterocycles. The number of nitrogens with one attached hydrogen (secondary N) is 1. The van der Waals surface area contributed by atoms with Gasteiger partial charge in [0.1, 0.15) is 0 Å². The van der Waals surface area contributed by atoms with Crippen molar-refractivity contribution in [1.29, 1.82) is 0 Å². The van der Waals surface area contributed by atoms with Crippen LogP contribution in [0.2, 0.25) is 0 Å². The number of ether oxygens (including phenoxy) is 1. The number of rotatable bonds is 4. The first-order chi connectivity index (χ1) is 7.61. The van der Waals surface area contributed by atoms with Crippen molar-refractivity contribution in [3.05, 3.63) is 0 Å². The smallest absolute Gasteiger partial charge is 0.188 e. The van der Waals surface area contributed by atoms with Crippen LogP contribution >= 0.6 is 0 Å². The minimum Gasteiger partial charge on any atom is -0.374 e. The summed E-state index contributed by atoms with van der Waals surface area (Å²) in [6.45, 7) is 7.56. The summed E-state index contributed by atoms with van der Waals surface area (Å²) in [4.78, 5) is 6.55. The molecule has 1 rings (SSSR count). The maximum absolute atomic E-state index is 5.77. The van der Waals surface area contributed by atoms with Crippen molar-refractivity contribution < 1.29 is 4.74 Å². The highest BCUT2D eigenvalue weighted by Crippen LogP contribution is 2.02. The molecule has 0 spiro atoms. The average Bonchev–Trinajstić information content (AvgIpc) is 2.26. The van der Waals surface area contributed by atoms with Crippen molar-refractivity contribution in [2.75, 3.05) is 33.3 Å². The van der Waals surface area contributed by atoms with E-state index in [0.29, 0.717) is 18.5 Å². The zero-order chi connectivity index (χ0) is 12.0. The lowest BCUT2D eigenvalue weighted by Crippen LogP contribution is -2.43. The van der Waals surface area contributed by atoms with Gasteiger partial charge in [0.2, 0.25) is 0 Å². The molecule has 1 fully saturated rings. The van der Waals surface area contributed by atoms with E-state index in [9.17, 15) is 0 Å². The first-order valence-electron chi connectivity index (χ1n) is 5.98. The molecule has 0 radical (unpaired) electrons. The van der Waals surface area contributed by atoms with Gasteiger partial charge in [0, 0.05) is 19.1 Å². The molecule has 1 aliphatic heterocycles. The Hall–Kier alpha value is -0.810. The summed E-state index contributed by atoms with van der Waals surface area (Å²) in [6.07, 6.45) is 1.22. The summed E-state index contributed by atoms with van der Waals surface area (Å²) in [6, 6.07) is 0.374. The van der Waals surface area contributed by atoms with Gasteiger partial charge in [0.25, 0.3) is 0 Å². The minimum absolute atomic E-state index is 0.177. The molecule has 0 aliphatic carbocycles. The summed E-state index contributed by atoms with van der Waals surface area (Å²) in [5.41, 5.74) is 5.77. The Morgan fingerprint density at radius 1 is 1.69 bits per heavy atom. The molecule has 1 heterocycles. The first-order valence-corrected chi connectivity index (χ1v) is 5.98. The quantitative estimate of drug-likeness (QED) is 0.526. The zero-order valence-corrected chi connectivity index (χ0v) is 10.6. The Balaban J connectivity index is 2.28. The van der Waals surface area contributed by atoms with Gasteiger partial charge in [-0.1, -0.05) is 6.92 Å². The molecule has 16 heavy (non-hydrogen) atoms. The molecular formula is C11H24N4O. The van der Waals surface area contributed by atoms with E-state index < -0.39 is 0 Å². The molecule has 0 bridgehead atoms. The van der Waals surface area contributed by atoms with E-state index >= 15 is 0 Å². The van der Waals surface area contributed by atoms with Crippen molar-refractivity contribution in [2.24, 2.45) is 10.7 Å². The number of hydrogen-bond acceptors (Lipinski definition) is 3. The summed E-state index contributed by atoms with van der Waals surface area (Å²) in [7, 11) is 2.10. The van der Waals surface area contributed by atoms with Crippen LogP contribution in [0.5, 0.6) is 0 Å². The molecule has 94 valence electrons. The topological polar surface area (TPSA) is 62.9 Å². The Kier molecular flexibility index (Phi) is 5.55. The van der Waals surface area contributed by atoms with Crippen LogP contribution in [-0.4, -0.2) is 56.3 Å². The van der Waals surface area contributed by atoms with Gasteiger partial charge in [-0.15, -0.1) is 0 Å². The number of nitrogens with two attached hydrogens (primary N) is 1. The second-order valence-electron chi connectivity index (χ2n) is 4.43. The summed E-state index contributed by atoms with van der Waals surface area (Å²) in [5, 5.41) is 3.14.